The third-order valence-electron chi connectivity index (χ3n) is 6.95. The Morgan fingerprint density at radius 2 is 1.58 bits per heavy atom. The first-order valence-corrected chi connectivity index (χ1v) is 11.7. The molecule has 38 heavy (non-hydrogen) atoms. The monoisotopic (exact) mass is 536 g/mol. The van der Waals surface area contributed by atoms with Gasteiger partial charge in [0.1, 0.15) is 41.7 Å². The predicted molar refractivity (Wildman–Crippen MR) is 124 cm³/mol. The van der Waals surface area contributed by atoms with Gasteiger partial charge in [-0.1, -0.05) is 0 Å². The number of hydrogen-bond donors (Lipinski definition) is 5. The number of Topliss-reactive ketones (excluding diaryl/α,β-unsaturated/α-hetero) is 1. The SMILES string of the molecule is COc1ccc2c(c1)O[C@@H]1[C@@H](OC3OC(CO)C(O)C(O)C3O)Oc3cc(OC)c(OC)cc3[C@]1(O)C2=O. The molecule has 3 aliphatic heterocycles. The number of rotatable bonds is 6. The van der Waals surface area contributed by atoms with Crippen LogP contribution in [0.2, 0.25) is 0 Å². The predicted octanol–water partition coefficient (Wildman–Crippen LogP) is -0.921. The van der Waals surface area contributed by atoms with Crippen molar-refractivity contribution in [1.29, 1.82) is 0 Å². The highest BCUT2D eigenvalue weighted by molar-refractivity contribution is 6.07. The van der Waals surface area contributed by atoms with Gasteiger partial charge in [0.25, 0.3) is 0 Å². The van der Waals surface area contributed by atoms with Crippen molar-refractivity contribution in [1.82, 2.24) is 0 Å². The van der Waals surface area contributed by atoms with Gasteiger partial charge in [-0.3, -0.25) is 4.79 Å². The Kier molecular flexibility index (Phi) is 6.86. The number of carbonyl (C=O) groups is 1. The zero-order valence-corrected chi connectivity index (χ0v) is 20.6. The summed E-state index contributed by atoms with van der Waals surface area (Å²) in [6.07, 6.45) is -11.2. The summed E-state index contributed by atoms with van der Waals surface area (Å²) in [6.45, 7) is -0.689. The van der Waals surface area contributed by atoms with E-state index < -0.39 is 61.1 Å². The Morgan fingerprint density at radius 3 is 2.24 bits per heavy atom. The first kappa shape index (κ1) is 26.4. The van der Waals surface area contributed by atoms with Crippen molar-refractivity contribution in [2.45, 2.75) is 48.7 Å². The number of aliphatic hydroxyl groups is 5. The molecular weight excluding hydrogens is 508 g/mol. The molecule has 13 nitrogen and oxygen atoms in total. The molecule has 1 fully saturated rings. The van der Waals surface area contributed by atoms with Gasteiger partial charge in [-0.2, -0.15) is 0 Å². The van der Waals surface area contributed by atoms with E-state index in [-0.39, 0.29) is 34.1 Å². The minimum absolute atomic E-state index is 0.00935. The van der Waals surface area contributed by atoms with Crippen molar-refractivity contribution < 1.29 is 63.5 Å². The molecule has 0 aliphatic carbocycles. The molecule has 1 saturated heterocycles. The molecule has 0 radical (unpaired) electrons. The average Bonchev–Trinajstić information content (AvgIpc) is 2.93. The number of carbonyl (C=O) groups excluding carboxylic acids is 1. The third kappa shape index (κ3) is 3.94. The molecule has 206 valence electrons. The maximum atomic E-state index is 13.8. The first-order valence-electron chi connectivity index (χ1n) is 11.7. The van der Waals surface area contributed by atoms with E-state index in [4.69, 9.17) is 33.2 Å². The fraction of sp³-hybridized carbons (Fsp3) is 0.480. The number of ether oxygens (including phenoxy) is 7. The van der Waals surface area contributed by atoms with Crippen molar-refractivity contribution in [2.24, 2.45) is 0 Å². The maximum Gasteiger partial charge on any atom is 0.243 e. The number of aliphatic hydroxyl groups excluding tert-OH is 4. The van der Waals surface area contributed by atoms with Crippen LogP contribution in [0.1, 0.15) is 15.9 Å². The van der Waals surface area contributed by atoms with Crippen molar-refractivity contribution in [2.75, 3.05) is 27.9 Å². The molecule has 5 unspecified atom stereocenters. The summed E-state index contributed by atoms with van der Waals surface area (Å²) in [4.78, 5) is 13.8. The summed E-state index contributed by atoms with van der Waals surface area (Å²) < 4.78 is 39.2. The number of ketones is 1. The summed E-state index contributed by atoms with van der Waals surface area (Å²) in [5.41, 5.74) is -2.29. The zero-order chi connectivity index (χ0) is 27.4. The maximum absolute atomic E-state index is 13.8. The van der Waals surface area contributed by atoms with Crippen molar-refractivity contribution >= 4 is 5.78 Å². The molecule has 3 aliphatic rings. The number of benzene rings is 2. The van der Waals surface area contributed by atoms with Gasteiger partial charge >= 0.3 is 0 Å². The number of fused-ring (bicyclic) bond motifs is 4. The van der Waals surface area contributed by atoms with Crippen LogP contribution in [0, 0.1) is 0 Å². The first-order chi connectivity index (χ1) is 18.2. The van der Waals surface area contributed by atoms with Crippen LogP contribution in [0.3, 0.4) is 0 Å². The smallest absolute Gasteiger partial charge is 0.243 e. The summed E-state index contributed by atoms with van der Waals surface area (Å²) in [6, 6.07) is 7.24. The Labute approximate surface area is 216 Å². The van der Waals surface area contributed by atoms with E-state index in [2.05, 4.69) is 0 Å². The topological polar surface area (TPSA) is 183 Å². The molecule has 8 atom stereocenters. The Balaban J connectivity index is 1.61. The third-order valence-corrected chi connectivity index (χ3v) is 6.95. The standard InChI is InChI=1S/C25H28O13/c1-32-10-4-5-11-13(6-10)35-22-24(38-23-20(29)19(28)18(27)17(9-26)37-23)36-14-8-16(34-3)15(33-2)7-12(14)25(22,31)21(11)30/h4-8,17-20,22-24,26-29,31H,9H2,1-3H3/t17?,18?,19?,20?,22-,23?,24-,25+/m1/s1. The lowest BCUT2D eigenvalue weighted by molar-refractivity contribution is -0.344. The Bertz CT molecular complexity index is 1220. The summed E-state index contributed by atoms with van der Waals surface area (Å²) in [5, 5.41) is 52.4. The van der Waals surface area contributed by atoms with Crippen LogP contribution in [0.5, 0.6) is 28.7 Å². The lowest BCUT2D eigenvalue weighted by Gasteiger charge is -2.48. The van der Waals surface area contributed by atoms with E-state index >= 15 is 0 Å². The van der Waals surface area contributed by atoms with Crippen LogP contribution in [-0.2, 0) is 15.1 Å². The minimum atomic E-state index is -2.37. The van der Waals surface area contributed by atoms with Crippen molar-refractivity contribution in [3.05, 3.63) is 41.5 Å². The largest absolute Gasteiger partial charge is 0.497 e. The molecule has 0 bridgehead atoms. The molecule has 5 N–H and O–H groups in total. The van der Waals surface area contributed by atoms with Crippen LogP contribution in [0.25, 0.3) is 0 Å². The highest BCUT2D eigenvalue weighted by Crippen LogP contribution is 2.51. The van der Waals surface area contributed by atoms with E-state index in [0.29, 0.717) is 5.75 Å². The minimum Gasteiger partial charge on any atom is -0.497 e. The van der Waals surface area contributed by atoms with Crippen molar-refractivity contribution in [3.63, 3.8) is 0 Å². The molecule has 3 heterocycles. The normalized spacial score (nSPS) is 33.7. The quantitative estimate of drug-likeness (QED) is 0.306. The summed E-state index contributed by atoms with van der Waals surface area (Å²) >= 11 is 0. The molecule has 0 spiro atoms. The summed E-state index contributed by atoms with van der Waals surface area (Å²) in [7, 11) is 4.22. The van der Waals surface area contributed by atoms with E-state index in [1.807, 2.05) is 0 Å². The van der Waals surface area contributed by atoms with Crippen LogP contribution >= 0.6 is 0 Å². The van der Waals surface area contributed by atoms with Gasteiger partial charge in [-0.05, 0) is 18.2 Å². The Morgan fingerprint density at radius 1 is 0.868 bits per heavy atom. The second-order valence-electron chi connectivity index (χ2n) is 9.02. The fourth-order valence-electron chi connectivity index (χ4n) is 4.85. The van der Waals surface area contributed by atoms with Crippen LogP contribution in [-0.4, -0.2) is 102 Å². The molecule has 13 heteroatoms. The van der Waals surface area contributed by atoms with Gasteiger partial charge in [0, 0.05) is 17.7 Å². The van der Waals surface area contributed by atoms with Crippen molar-refractivity contribution in [3.8, 4) is 28.7 Å². The fourth-order valence-corrected chi connectivity index (χ4v) is 4.85. The molecular formula is C25H28O13. The van der Waals surface area contributed by atoms with E-state index in [0.717, 1.165) is 0 Å². The summed E-state index contributed by atoms with van der Waals surface area (Å²) in [5.74, 6) is 0.171. The second kappa shape index (κ2) is 9.85. The van der Waals surface area contributed by atoms with E-state index in [1.165, 1.54) is 45.6 Å². The van der Waals surface area contributed by atoms with Gasteiger partial charge in [-0.25, -0.2) is 0 Å². The zero-order valence-electron chi connectivity index (χ0n) is 20.6. The highest BCUT2D eigenvalue weighted by atomic mass is 16.8. The van der Waals surface area contributed by atoms with E-state index in [9.17, 15) is 30.3 Å². The molecule has 2 aromatic rings. The lowest BCUT2D eigenvalue weighted by Crippen LogP contribution is -2.65. The highest BCUT2D eigenvalue weighted by Gasteiger charge is 2.61. The van der Waals surface area contributed by atoms with Gasteiger partial charge in [0.05, 0.1) is 33.5 Å². The second-order valence-corrected chi connectivity index (χ2v) is 9.02. The molecule has 5 rings (SSSR count). The van der Waals surface area contributed by atoms with Gasteiger partial charge < -0.3 is 58.7 Å². The molecule has 0 saturated carbocycles. The average molecular weight is 536 g/mol. The lowest BCUT2D eigenvalue weighted by atomic mass is 9.77. The molecule has 0 amide bonds. The van der Waals surface area contributed by atoms with Gasteiger partial charge in [-0.15, -0.1) is 0 Å². The molecule has 2 aromatic carbocycles. The van der Waals surface area contributed by atoms with Crippen LogP contribution in [0.4, 0.5) is 0 Å². The number of hydrogen-bond acceptors (Lipinski definition) is 13. The number of methoxy groups -OCH3 is 3. The van der Waals surface area contributed by atoms with Gasteiger partial charge in [0.2, 0.25) is 18.2 Å². The van der Waals surface area contributed by atoms with Crippen LogP contribution in [0.15, 0.2) is 30.3 Å². The van der Waals surface area contributed by atoms with E-state index in [1.54, 1.807) is 6.07 Å². The Hall–Kier alpha value is -3.17. The van der Waals surface area contributed by atoms with Gasteiger partial charge in [0.15, 0.2) is 23.4 Å². The molecule has 0 aromatic heterocycles. The van der Waals surface area contributed by atoms with Crippen LogP contribution < -0.4 is 23.7 Å².